The van der Waals surface area contributed by atoms with Gasteiger partial charge in [-0.1, -0.05) is 13.0 Å². The number of hydrogen-bond acceptors (Lipinski definition) is 3. The number of aryl methyl sites for hydroxylation is 1. The predicted molar refractivity (Wildman–Crippen MR) is 71.7 cm³/mol. The molecule has 0 saturated carbocycles. The van der Waals surface area contributed by atoms with Gasteiger partial charge in [0.2, 0.25) is 0 Å². The number of hydrogen-bond donors (Lipinski definition) is 1. The number of nitrogens with one attached hydrogen (secondary N) is 1. The average molecular weight is 239 g/mol. The van der Waals surface area contributed by atoms with Gasteiger partial charge in [-0.05, 0) is 6.42 Å². The molecule has 16 heavy (non-hydrogen) atoms. The summed E-state index contributed by atoms with van der Waals surface area (Å²) in [6.07, 6.45) is 7.14. The Kier molecular flexibility index (Phi) is 7.01. The largest absolute Gasteiger partial charge is 0.312 e. The quantitative estimate of drug-likeness (QED) is 0.530. The van der Waals surface area contributed by atoms with Crippen molar-refractivity contribution in [3.8, 4) is 0 Å². The van der Waals surface area contributed by atoms with E-state index in [9.17, 15) is 0 Å². The van der Waals surface area contributed by atoms with Gasteiger partial charge in [0.25, 0.3) is 0 Å². The molecule has 0 spiro atoms. The van der Waals surface area contributed by atoms with E-state index in [-0.39, 0.29) is 0 Å². The highest BCUT2D eigenvalue weighted by Crippen LogP contribution is 2.00. The Morgan fingerprint density at radius 1 is 1.62 bits per heavy atom. The van der Waals surface area contributed by atoms with Crippen molar-refractivity contribution in [1.29, 1.82) is 0 Å². The molecule has 0 aliphatic carbocycles. The third-order valence-electron chi connectivity index (χ3n) is 2.13. The zero-order valence-corrected chi connectivity index (χ0v) is 10.8. The maximum Gasteiger partial charge on any atom is 0.0534 e. The van der Waals surface area contributed by atoms with Crippen LogP contribution in [0.2, 0.25) is 0 Å². The molecule has 0 aliphatic heterocycles. The van der Waals surface area contributed by atoms with Crippen LogP contribution in [0.5, 0.6) is 0 Å². The highest BCUT2D eigenvalue weighted by atomic mass is 32.2. The summed E-state index contributed by atoms with van der Waals surface area (Å²) in [4.78, 5) is 0. The van der Waals surface area contributed by atoms with Crippen molar-refractivity contribution in [3.63, 3.8) is 0 Å². The van der Waals surface area contributed by atoms with E-state index in [2.05, 4.69) is 30.1 Å². The average Bonchev–Trinajstić information content (AvgIpc) is 2.72. The molecule has 0 bridgehead atoms. The summed E-state index contributed by atoms with van der Waals surface area (Å²) in [7, 11) is 0. The summed E-state index contributed by atoms with van der Waals surface area (Å²) in [5, 5.41) is 7.70. The highest BCUT2D eigenvalue weighted by molar-refractivity contribution is 7.99. The maximum atomic E-state index is 4.29. The summed E-state index contributed by atoms with van der Waals surface area (Å²) in [6, 6.07) is 0. The van der Waals surface area contributed by atoms with Crippen molar-refractivity contribution in [2.24, 2.45) is 0 Å². The lowest BCUT2D eigenvalue weighted by Gasteiger charge is -2.01. The van der Waals surface area contributed by atoms with Gasteiger partial charge in [-0.15, -0.1) is 6.58 Å². The molecular weight excluding hydrogens is 218 g/mol. The monoisotopic (exact) mass is 239 g/mol. The minimum absolute atomic E-state index is 0.915. The minimum Gasteiger partial charge on any atom is -0.312 e. The molecule has 3 nitrogen and oxygen atoms in total. The Balaban J connectivity index is 2.09. The van der Waals surface area contributed by atoms with Crippen LogP contribution in [0.3, 0.4) is 0 Å². The molecule has 1 aromatic heterocycles. The summed E-state index contributed by atoms with van der Waals surface area (Å²) in [5.41, 5.74) is 1.27. The third kappa shape index (κ3) is 5.37. The first-order valence-corrected chi connectivity index (χ1v) is 6.93. The lowest BCUT2D eigenvalue weighted by Crippen LogP contribution is -2.16. The second-order valence-corrected chi connectivity index (χ2v) is 4.80. The van der Waals surface area contributed by atoms with E-state index in [4.69, 9.17) is 0 Å². The van der Waals surface area contributed by atoms with Gasteiger partial charge in [-0.3, -0.25) is 4.68 Å². The molecule has 0 atom stereocenters. The van der Waals surface area contributed by atoms with E-state index >= 15 is 0 Å². The molecule has 4 heteroatoms. The van der Waals surface area contributed by atoms with Crippen LogP contribution >= 0.6 is 11.8 Å². The van der Waals surface area contributed by atoms with E-state index in [1.54, 1.807) is 0 Å². The predicted octanol–water partition coefficient (Wildman–Crippen LogP) is 2.30. The van der Waals surface area contributed by atoms with E-state index in [1.807, 2.05) is 28.7 Å². The van der Waals surface area contributed by atoms with Gasteiger partial charge in [-0.25, -0.2) is 0 Å². The zero-order valence-electron chi connectivity index (χ0n) is 9.98. The summed E-state index contributed by atoms with van der Waals surface area (Å²) >= 11 is 1.90. The van der Waals surface area contributed by atoms with Crippen LogP contribution in [0.1, 0.15) is 18.9 Å². The standard InChI is InChI=1S/C12H21N3S/c1-3-6-15-11-12(10-14-15)9-13-5-8-16-7-4-2/h4,10-11,13H,2-3,5-9H2,1H3. The first kappa shape index (κ1) is 13.3. The molecule has 0 aromatic carbocycles. The molecule has 0 amide bonds. The Hall–Kier alpha value is -0.740. The topological polar surface area (TPSA) is 29.9 Å². The Bertz CT molecular complexity index is 296. The molecule has 1 aromatic rings. The Labute approximate surface area is 102 Å². The van der Waals surface area contributed by atoms with Gasteiger partial charge in [-0.2, -0.15) is 16.9 Å². The van der Waals surface area contributed by atoms with Gasteiger partial charge < -0.3 is 5.32 Å². The van der Waals surface area contributed by atoms with E-state index in [1.165, 1.54) is 5.56 Å². The van der Waals surface area contributed by atoms with Crippen LogP contribution in [0, 0.1) is 0 Å². The molecule has 0 aliphatic rings. The highest BCUT2D eigenvalue weighted by Gasteiger charge is 1.97. The third-order valence-corrected chi connectivity index (χ3v) is 3.09. The first-order chi connectivity index (χ1) is 7.86. The maximum absolute atomic E-state index is 4.29. The van der Waals surface area contributed by atoms with Crippen LogP contribution < -0.4 is 5.32 Å². The van der Waals surface area contributed by atoms with Gasteiger partial charge in [0.1, 0.15) is 0 Å². The van der Waals surface area contributed by atoms with E-state index in [0.717, 1.165) is 37.6 Å². The lowest BCUT2D eigenvalue weighted by molar-refractivity contribution is 0.601. The van der Waals surface area contributed by atoms with Crippen molar-refractivity contribution >= 4 is 11.8 Å². The molecule has 1 rings (SSSR count). The fraction of sp³-hybridized carbons (Fsp3) is 0.583. The molecule has 0 unspecified atom stereocenters. The molecule has 1 N–H and O–H groups in total. The minimum atomic E-state index is 0.915. The molecular formula is C12H21N3S. The molecule has 90 valence electrons. The van der Waals surface area contributed by atoms with Crippen LogP contribution in [-0.4, -0.2) is 27.8 Å². The van der Waals surface area contributed by atoms with Crippen LogP contribution in [0.4, 0.5) is 0 Å². The first-order valence-electron chi connectivity index (χ1n) is 5.77. The zero-order chi connectivity index (χ0) is 11.6. The molecule has 0 fully saturated rings. The summed E-state index contributed by atoms with van der Waals surface area (Å²) in [5.74, 6) is 2.17. The van der Waals surface area contributed by atoms with Crippen molar-refractivity contribution in [2.75, 3.05) is 18.1 Å². The lowest BCUT2D eigenvalue weighted by atomic mass is 10.3. The molecule has 0 radical (unpaired) electrons. The van der Waals surface area contributed by atoms with E-state index in [0.29, 0.717) is 0 Å². The Morgan fingerprint density at radius 3 is 3.25 bits per heavy atom. The Morgan fingerprint density at radius 2 is 2.50 bits per heavy atom. The summed E-state index contributed by atoms with van der Waals surface area (Å²) in [6.45, 7) is 8.82. The van der Waals surface area contributed by atoms with Crippen LogP contribution in [-0.2, 0) is 13.1 Å². The van der Waals surface area contributed by atoms with E-state index < -0.39 is 0 Å². The SMILES string of the molecule is C=CCSCCNCc1cnn(CCC)c1. The van der Waals surface area contributed by atoms with Gasteiger partial charge >= 0.3 is 0 Å². The van der Waals surface area contributed by atoms with Crippen molar-refractivity contribution in [2.45, 2.75) is 26.4 Å². The van der Waals surface area contributed by atoms with Crippen molar-refractivity contribution < 1.29 is 0 Å². The number of aromatic nitrogens is 2. The van der Waals surface area contributed by atoms with Gasteiger partial charge in [0, 0.05) is 42.9 Å². The fourth-order valence-electron chi connectivity index (χ4n) is 1.39. The van der Waals surface area contributed by atoms with Crippen molar-refractivity contribution in [3.05, 3.63) is 30.6 Å². The van der Waals surface area contributed by atoms with Gasteiger partial charge in [0.05, 0.1) is 6.20 Å². The van der Waals surface area contributed by atoms with Crippen molar-refractivity contribution in [1.82, 2.24) is 15.1 Å². The summed E-state index contributed by atoms with van der Waals surface area (Å²) < 4.78 is 2.00. The molecule has 1 heterocycles. The normalized spacial score (nSPS) is 10.6. The second kappa shape index (κ2) is 8.42. The molecule has 0 saturated heterocycles. The number of thioether (sulfide) groups is 1. The second-order valence-electron chi connectivity index (χ2n) is 3.65. The number of nitrogens with zero attached hydrogens (tertiary/aromatic N) is 2. The number of rotatable bonds is 9. The van der Waals surface area contributed by atoms with Crippen LogP contribution in [0.25, 0.3) is 0 Å². The fourth-order valence-corrected chi connectivity index (χ4v) is 2.01. The smallest absolute Gasteiger partial charge is 0.0534 e. The van der Waals surface area contributed by atoms with Gasteiger partial charge in [0.15, 0.2) is 0 Å². The van der Waals surface area contributed by atoms with Crippen LogP contribution in [0.15, 0.2) is 25.0 Å².